The summed E-state index contributed by atoms with van der Waals surface area (Å²) in [6.45, 7) is 12.5. The van der Waals surface area contributed by atoms with Crippen molar-refractivity contribution in [3.05, 3.63) is 179 Å². The molecule has 462 valence electrons. The van der Waals surface area contributed by atoms with Crippen LogP contribution in [0.3, 0.4) is 0 Å². The highest BCUT2D eigenvalue weighted by molar-refractivity contribution is 6.70. The van der Waals surface area contributed by atoms with Gasteiger partial charge in [-0.15, -0.1) is 0 Å². The van der Waals surface area contributed by atoms with Crippen LogP contribution in [0, 0.1) is 0 Å². The van der Waals surface area contributed by atoms with Gasteiger partial charge < -0.3 is 75.7 Å². The number of amides is 1. The molecule has 1 N–H and O–H groups in total. The molecular formula is C64H84FNO17Si2. The van der Waals surface area contributed by atoms with Crippen LogP contribution < -0.4 is 14.8 Å². The molecule has 5 aromatic carbocycles. The van der Waals surface area contributed by atoms with Gasteiger partial charge in [-0.3, -0.25) is 4.79 Å². The summed E-state index contributed by atoms with van der Waals surface area (Å²) in [7, 11) is -2.21. The lowest BCUT2D eigenvalue weighted by Crippen LogP contribution is -2.71. The summed E-state index contributed by atoms with van der Waals surface area (Å²) in [5.41, 5.74) is 0.855. The fourth-order valence-electron chi connectivity index (χ4n) is 9.71. The number of hydrogen-bond acceptors (Lipinski definition) is 17. The van der Waals surface area contributed by atoms with Crippen LogP contribution in [0.15, 0.2) is 157 Å². The predicted octanol–water partition coefficient (Wildman–Crippen LogP) is 10.2. The third-order valence-corrected chi connectivity index (χ3v) is 15.6. The van der Waals surface area contributed by atoms with E-state index in [4.69, 9.17) is 70.4 Å². The molecule has 1 fully saturated rings. The number of alkyl halides is 1. The Hall–Kier alpha value is -5.74. The first kappa shape index (κ1) is 66.8. The molecule has 0 radical (unpaired) electrons. The average molecular weight is 1210 g/mol. The zero-order chi connectivity index (χ0) is 60.7. The summed E-state index contributed by atoms with van der Waals surface area (Å²) in [5.74, 6) is -0.648. The van der Waals surface area contributed by atoms with Gasteiger partial charge in [0.25, 0.3) is 0 Å². The normalized spacial score (nSPS) is 21.9. The highest BCUT2D eigenvalue weighted by Crippen LogP contribution is 2.44. The van der Waals surface area contributed by atoms with Crippen LogP contribution in [0.1, 0.15) is 35.6 Å². The molecule has 85 heavy (non-hydrogen) atoms. The molecule has 18 nitrogen and oxygen atoms in total. The molecule has 0 saturated carbocycles. The molecule has 1 amide bonds. The minimum absolute atomic E-state index is 0.0134. The Bertz CT molecular complexity index is 2760. The fraction of sp³-hybridized carbons (Fsp3) is 0.469. The lowest BCUT2D eigenvalue weighted by atomic mass is 9.77. The van der Waals surface area contributed by atoms with E-state index >= 15 is 9.18 Å². The van der Waals surface area contributed by atoms with Gasteiger partial charge in [0.05, 0.1) is 72.1 Å². The van der Waals surface area contributed by atoms with Gasteiger partial charge in [0.2, 0.25) is 17.8 Å². The highest BCUT2D eigenvalue weighted by Gasteiger charge is 2.63. The predicted molar refractivity (Wildman–Crippen MR) is 320 cm³/mol. The van der Waals surface area contributed by atoms with Crippen LogP contribution in [0.25, 0.3) is 0 Å². The van der Waals surface area contributed by atoms with Crippen LogP contribution in [-0.4, -0.2) is 144 Å². The zero-order valence-electron chi connectivity index (χ0n) is 50.2. The first-order chi connectivity index (χ1) is 40.9. The Morgan fingerprint density at radius 2 is 1.15 bits per heavy atom. The highest BCUT2D eigenvalue weighted by atomic mass is 28.4. The van der Waals surface area contributed by atoms with E-state index in [1.54, 1.807) is 31.4 Å². The Morgan fingerprint density at radius 1 is 0.647 bits per heavy atom. The summed E-state index contributed by atoms with van der Waals surface area (Å²) in [5, 5.41) is 3.02. The number of ether oxygens (including phenoxy) is 13. The number of halogens is 1. The standard InChI is InChI=1S/C64H84FNO17Si2/c1-46(67)66-58-54(76-43-72-37-48-24-16-11-17-25-48)35-64(63(68)70-3,62(65)53-34-57(80-52-32-30-51(69-2)31-33-52)81-56(41-79-84(4,5)6)59(53)83-85(7,8)9)82-61(58)60(78-45-74-39-50-28-20-13-21-29-50)55(77-44-73-38-49-26-18-12-19-27-49)40-75-42-71-36-47-22-14-10-15-23-47/h10-34,54-62H,35-45H2,1-9H3,(H,66,67)/t54-,55+,56+,57+,58+,59+,60+,61+,62-,64-/m0/s1. The molecule has 0 aromatic heterocycles. The second-order valence-electron chi connectivity index (χ2n) is 22.6. The molecule has 0 bridgehead atoms. The van der Waals surface area contributed by atoms with Crippen molar-refractivity contribution in [3.8, 4) is 11.5 Å². The summed E-state index contributed by atoms with van der Waals surface area (Å²) < 4.78 is 115. The summed E-state index contributed by atoms with van der Waals surface area (Å²) in [4.78, 5) is 29.0. The molecule has 0 unspecified atom stereocenters. The minimum Gasteiger partial charge on any atom is -0.497 e. The largest absolute Gasteiger partial charge is 0.497 e. The van der Waals surface area contributed by atoms with Crippen LogP contribution in [0.5, 0.6) is 11.5 Å². The Kier molecular flexibility index (Phi) is 26.2. The van der Waals surface area contributed by atoms with E-state index in [1.807, 2.05) is 161 Å². The molecule has 0 aliphatic carbocycles. The van der Waals surface area contributed by atoms with Gasteiger partial charge in [0, 0.05) is 13.3 Å². The van der Waals surface area contributed by atoms with Crippen molar-refractivity contribution in [3.63, 3.8) is 0 Å². The van der Waals surface area contributed by atoms with E-state index in [9.17, 15) is 4.79 Å². The van der Waals surface area contributed by atoms with Crippen LogP contribution in [0.2, 0.25) is 39.3 Å². The number of benzene rings is 5. The number of methoxy groups -OCH3 is 2. The number of carbonyl (C=O) groups is 2. The fourth-order valence-corrected chi connectivity index (χ4v) is 11.4. The second kappa shape index (κ2) is 33.4. The summed E-state index contributed by atoms with van der Waals surface area (Å²) in [6.07, 6.45) is -10.2. The SMILES string of the molecule is COC(=O)[C@@]1([C@@H](F)C2=C[C@H](Oc3ccc(OC)cc3)O[C@H](CO[Si](C)(C)C)[C@@H]2O[Si](C)(C)C)C[C@H](OCOCc2ccccc2)[C@@H](NC(C)=O)[C@H]([C@H](OCOCc2ccccc2)[C@@H](COCOCc2ccccc2)OCOCc2ccccc2)O1. The van der Waals surface area contributed by atoms with Crippen molar-refractivity contribution >= 4 is 28.5 Å². The maximum absolute atomic E-state index is 19.6. The van der Waals surface area contributed by atoms with E-state index in [0.717, 1.165) is 29.4 Å². The maximum atomic E-state index is 19.6. The molecule has 2 heterocycles. The van der Waals surface area contributed by atoms with Gasteiger partial charge in [0.15, 0.2) is 22.8 Å². The molecular weight excluding hydrogens is 1130 g/mol. The Balaban J connectivity index is 1.35. The number of nitrogens with one attached hydrogen (secondary N) is 1. The van der Waals surface area contributed by atoms with Crippen molar-refractivity contribution in [2.75, 3.05) is 54.6 Å². The summed E-state index contributed by atoms with van der Waals surface area (Å²) >= 11 is 0. The lowest BCUT2D eigenvalue weighted by molar-refractivity contribution is -0.279. The third-order valence-electron chi connectivity index (χ3n) is 13.6. The van der Waals surface area contributed by atoms with Gasteiger partial charge in [-0.2, -0.15) is 0 Å². The molecule has 7 rings (SSSR count). The van der Waals surface area contributed by atoms with Crippen LogP contribution >= 0.6 is 0 Å². The van der Waals surface area contributed by atoms with Gasteiger partial charge in [-0.25, -0.2) is 9.18 Å². The Morgan fingerprint density at radius 3 is 1.65 bits per heavy atom. The smallest absolute Gasteiger partial charge is 0.341 e. The Labute approximate surface area is 501 Å². The van der Waals surface area contributed by atoms with Gasteiger partial charge in [-0.05, 0) is 97.5 Å². The van der Waals surface area contributed by atoms with E-state index < -0.39 is 102 Å². The van der Waals surface area contributed by atoms with E-state index in [2.05, 4.69) is 5.32 Å². The van der Waals surface area contributed by atoms with Crippen LogP contribution in [-0.2, 0) is 97.0 Å². The maximum Gasteiger partial charge on any atom is 0.341 e. The lowest BCUT2D eigenvalue weighted by Gasteiger charge is -2.52. The molecule has 2 aliphatic rings. The van der Waals surface area contributed by atoms with Gasteiger partial charge >= 0.3 is 5.97 Å². The molecule has 21 heteroatoms. The van der Waals surface area contributed by atoms with Crippen LogP contribution in [0.4, 0.5) is 4.39 Å². The monoisotopic (exact) mass is 1210 g/mol. The number of rotatable bonds is 35. The topological polar surface area (TPSA) is 185 Å². The van der Waals surface area contributed by atoms with E-state index in [-0.39, 0.29) is 65.6 Å². The summed E-state index contributed by atoms with van der Waals surface area (Å²) in [6, 6.07) is 43.7. The molecule has 10 atom stereocenters. The average Bonchev–Trinajstić information content (AvgIpc) is 2.51. The quantitative estimate of drug-likeness (QED) is 0.0133. The van der Waals surface area contributed by atoms with Crippen molar-refractivity contribution < 1.29 is 84.4 Å². The first-order valence-electron chi connectivity index (χ1n) is 28.5. The second-order valence-corrected chi connectivity index (χ2v) is 31.5. The van der Waals surface area contributed by atoms with Crippen molar-refractivity contribution in [2.24, 2.45) is 0 Å². The van der Waals surface area contributed by atoms with E-state index in [1.165, 1.54) is 13.0 Å². The molecule has 5 aromatic rings. The molecule has 2 aliphatic heterocycles. The van der Waals surface area contributed by atoms with E-state index in [0.29, 0.717) is 11.5 Å². The first-order valence-corrected chi connectivity index (χ1v) is 35.3. The number of carbonyl (C=O) groups excluding carboxylic acids is 2. The van der Waals surface area contributed by atoms with Gasteiger partial charge in [-0.1, -0.05) is 121 Å². The number of esters is 1. The van der Waals surface area contributed by atoms with Crippen molar-refractivity contribution in [2.45, 2.75) is 140 Å². The zero-order valence-corrected chi connectivity index (χ0v) is 52.2. The van der Waals surface area contributed by atoms with Crippen molar-refractivity contribution in [1.82, 2.24) is 5.32 Å². The van der Waals surface area contributed by atoms with Gasteiger partial charge in [0.1, 0.15) is 63.1 Å². The molecule has 1 saturated heterocycles. The van der Waals surface area contributed by atoms with Crippen molar-refractivity contribution in [1.29, 1.82) is 0 Å². The number of hydrogen-bond donors (Lipinski definition) is 1. The molecule has 0 spiro atoms. The minimum atomic E-state index is -2.64. The third kappa shape index (κ3) is 21.3.